The topological polar surface area (TPSA) is 86.1 Å². The fourth-order valence-electron chi connectivity index (χ4n) is 2.77. The van der Waals surface area contributed by atoms with Gasteiger partial charge >= 0.3 is 0 Å². The van der Waals surface area contributed by atoms with Gasteiger partial charge in [-0.3, -0.25) is 14.6 Å². The van der Waals surface area contributed by atoms with E-state index in [0.717, 1.165) is 23.4 Å². The van der Waals surface area contributed by atoms with Crippen molar-refractivity contribution in [1.29, 1.82) is 5.26 Å². The third-order valence-corrected chi connectivity index (χ3v) is 4.53. The van der Waals surface area contributed by atoms with Crippen molar-refractivity contribution < 1.29 is 19.8 Å². The lowest BCUT2D eigenvalue weighted by atomic mass is 10.0. The van der Waals surface area contributed by atoms with E-state index in [1.54, 1.807) is 18.3 Å². The zero-order valence-electron chi connectivity index (χ0n) is 15.9. The zero-order chi connectivity index (χ0) is 20.6. The molecule has 2 amide bonds. The summed E-state index contributed by atoms with van der Waals surface area (Å²) in [5.74, 6) is -3.27. The number of hydrogen-bond acceptors (Lipinski definition) is 4. The molecule has 2 atom stereocenters. The van der Waals surface area contributed by atoms with E-state index in [4.69, 9.17) is 5.26 Å². The first-order valence-electron chi connectivity index (χ1n) is 8.90. The standard InChI is InChI=1S/C18H25F2N3O2.CHN.H2/c1-4-12(2)9-15-10-14(5-7-21-15)16(24)22-13(3)17(25)23-8-6-18(19,20)11-23;1-2;/h5,7,10,12-13H,4,6,8-9,11H2,1-3H3,(H,22,24);1H;1H/t12?,13-;;/m0../s1. The number of aromatic nitrogens is 1. The number of alkyl halides is 2. The fourth-order valence-corrected chi connectivity index (χ4v) is 2.77. The summed E-state index contributed by atoms with van der Waals surface area (Å²) in [6.07, 6.45) is 3.03. The Labute approximate surface area is 160 Å². The summed E-state index contributed by atoms with van der Waals surface area (Å²) in [5.41, 5.74) is 1.24. The molecule has 150 valence electrons. The second-order valence-corrected chi connectivity index (χ2v) is 6.81. The molecule has 0 bridgehead atoms. The summed E-state index contributed by atoms with van der Waals surface area (Å²) in [6, 6.07) is 2.44. The maximum absolute atomic E-state index is 13.2. The van der Waals surface area contributed by atoms with Gasteiger partial charge in [-0.2, -0.15) is 0 Å². The van der Waals surface area contributed by atoms with Gasteiger partial charge in [-0.25, -0.2) is 14.0 Å². The van der Waals surface area contributed by atoms with Crippen LogP contribution in [0.1, 0.15) is 51.1 Å². The lowest BCUT2D eigenvalue weighted by molar-refractivity contribution is -0.133. The van der Waals surface area contributed by atoms with Gasteiger partial charge in [0.2, 0.25) is 5.91 Å². The molecule has 0 radical (unpaired) electrons. The van der Waals surface area contributed by atoms with Crippen molar-refractivity contribution in [2.45, 2.75) is 52.0 Å². The Morgan fingerprint density at radius 1 is 1.44 bits per heavy atom. The lowest BCUT2D eigenvalue weighted by Crippen LogP contribution is -2.46. The van der Waals surface area contributed by atoms with Crippen molar-refractivity contribution in [3.05, 3.63) is 29.6 Å². The number of rotatable bonds is 6. The molecule has 1 aliphatic heterocycles. The molecule has 0 spiro atoms. The fraction of sp³-hybridized carbons (Fsp3) is 0.579. The van der Waals surface area contributed by atoms with E-state index < -0.39 is 30.3 Å². The summed E-state index contributed by atoms with van der Waals surface area (Å²) in [4.78, 5) is 29.9. The monoisotopic (exact) mass is 382 g/mol. The Morgan fingerprint density at radius 3 is 2.67 bits per heavy atom. The predicted molar refractivity (Wildman–Crippen MR) is 99.3 cm³/mol. The first-order valence-corrected chi connectivity index (χ1v) is 8.90. The van der Waals surface area contributed by atoms with E-state index in [-0.39, 0.29) is 14.4 Å². The molecule has 1 unspecified atom stereocenters. The number of likely N-dealkylation sites (tertiary alicyclic amines) is 1. The predicted octanol–water partition coefficient (Wildman–Crippen LogP) is 3.04. The lowest BCUT2D eigenvalue weighted by Gasteiger charge is -2.21. The second kappa shape index (κ2) is 9.95. The number of amides is 2. The Balaban J connectivity index is 0.00000235. The molecule has 2 heterocycles. The van der Waals surface area contributed by atoms with Crippen LogP contribution in [0.3, 0.4) is 0 Å². The van der Waals surface area contributed by atoms with Crippen molar-refractivity contribution in [1.82, 2.24) is 15.2 Å². The number of nitrogens with one attached hydrogen (secondary N) is 1. The third kappa shape index (κ3) is 6.59. The average molecular weight is 382 g/mol. The number of halogens is 2. The van der Waals surface area contributed by atoms with E-state index in [0.29, 0.717) is 11.5 Å². The van der Waals surface area contributed by atoms with Crippen LogP contribution in [0.2, 0.25) is 0 Å². The molecule has 0 aliphatic carbocycles. The van der Waals surface area contributed by atoms with Crippen LogP contribution in [0.5, 0.6) is 0 Å². The summed E-state index contributed by atoms with van der Waals surface area (Å²) in [5, 5.41) is 9.09. The first-order chi connectivity index (χ1) is 12.7. The number of pyridine rings is 1. The highest BCUT2D eigenvalue weighted by atomic mass is 19.3. The van der Waals surface area contributed by atoms with Crippen LogP contribution in [-0.2, 0) is 11.2 Å². The van der Waals surface area contributed by atoms with Crippen molar-refractivity contribution in [3.8, 4) is 6.57 Å². The second-order valence-electron chi connectivity index (χ2n) is 6.81. The number of carbonyl (C=O) groups excluding carboxylic acids is 2. The molecule has 1 saturated heterocycles. The number of carbonyl (C=O) groups is 2. The van der Waals surface area contributed by atoms with E-state index in [1.807, 2.05) is 0 Å². The minimum Gasteiger partial charge on any atom is -0.341 e. The molecule has 8 heteroatoms. The summed E-state index contributed by atoms with van der Waals surface area (Å²) >= 11 is 0. The van der Waals surface area contributed by atoms with Crippen LogP contribution in [-0.4, -0.2) is 46.8 Å². The average Bonchev–Trinajstić information content (AvgIpc) is 3.02. The summed E-state index contributed by atoms with van der Waals surface area (Å²) in [6.45, 7) is 8.65. The van der Waals surface area contributed by atoms with Gasteiger partial charge in [-0.15, -0.1) is 0 Å². The number of hydrogen-bond donors (Lipinski definition) is 1. The molecule has 1 fully saturated rings. The Kier molecular flexibility index (Phi) is 8.29. The third-order valence-electron chi connectivity index (χ3n) is 4.53. The van der Waals surface area contributed by atoms with Gasteiger partial charge in [0.1, 0.15) is 6.04 Å². The van der Waals surface area contributed by atoms with E-state index >= 15 is 0 Å². The van der Waals surface area contributed by atoms with Gasteiger partial charge in [0.15, 0.2) is 0 Å². The zero-order valence-corrected chi connectivity index (χ0v) is 15.9. The smallest absolute Gasteiger partial charge is 0.267 e. The van der Waals surface area contributed by atoms with Crippen molar-refractivity contribution >= 4 is 11.8 Å². The molecule has 0 saturated carbocycles. The highest BCUT2D eigenvalue weighted by Gasteiger charge is 2.41. The Hall–Kier alpha value is -2.56. The van der Waals surface area contributed by atoms with Crippen molar-refractivity contribution in [2.75, 3.05) is 13.1 Å². The van der Waals surface area contributed by atoms with E-state index in [2.05, 4.69) is 30.7 Å². The molecule has 2 rings (SSSR count). The highest BCUT2D eigenvalue weighted by molar-refractivity contribution is 5.97. The maximum Gasteiger partial charge on any atom is 0.267 e. The Morgan fingerprint density at radius 2 is 2.11 bits per heavy atom. The normalized spacial score (nSPS) is 17.4. The molecule has 1 aromatic rings. The molecule has 6 nitrogen and oxygen atoms in total. The van der Waals surface area contributed by atoms with Gasteiger partial charge < -0.3 is 10.2 Å². The minimum atomic E-state index is -2.84. The van der Waals surface area contributed by atoms with Crippen LogP contribution < -0.4 is 5.32 Å². The van der Waals surface area contributed by atoms with Gasteiger partial charge in [-0.1, -0.05) is 20.3 Å². The van der Waals surface area contributed by atoms with Gasteiger partial charge in [0.05, 0.1) is 6.54 Å². The largest absolute Gasteiger partial charge is 0.341 e. The van der Waals surface area contributed by atoms with Gasteiger partial charge in [0.25, 0.3) is 11.8 Å². The molecule has 1 aromatic heterocycles. The van der Waals surface area contributed by atoms with Gasteiger partial charge in [-0.05, 0) is 31.4 Å². The van der Waals surface area contributed by atoms with Crippen LogP contribution in [0.4, 0.5) is 8.78 Å². The van der Waals surface area contributed by atoms with Crippen molar-refractivity contribution in [2.24, 2.45) is 5.92 Å². The molecular formula is C19H28F2N4O2. The summed E-state index contributed by atoms with van der Waals surface area (Å²) < 4.78 is 26.5. The first kappa shape index (κ1) is 22.5. The van der Waals surface area contributed by atoms with Gasteiger partial charge in [0, 0.05) is 38.4 Å². The molecular weight excluding hydrogens is 354 g/mol. The Bertz CT molecular complexity index is 685. The quantitative estimate of drug-likeness (QED) is 0.819. The van der Waals surface area contributed by atoms with Crippen molar-refractivity contribution in [3.63, 3.8) is 0 Å². The SMILES string of the molecule is C#N.CCC(C)Cc1cc(C(=O)N[C@@H](C)C(=O)N2CCC(F)(F)C2)ccn1.[HH]. The van der Waals surface area contributed by atoms with E-state index in [1.165, 1.54) is 6.92 Å². The molecule has 0 aromatic carbocycles. The molecule has 1 aliphatic rings. The van der Waals surface area contributed by atoms with E-state index in [9.17, 15) is 18.4 Å². The van der Waals surface area contributed by atoms with Crippen LogP contribution >= 0.6 is 0 Å². The minimum absolute atomic E-state index is 0. The maximum atomic E-state index is 13.2. The summed E-state index contributed by atoms with van der Waals surface area (Å²) in [7, 11) is 0. The van der Waals surface area contributed by atoms with Crippen LogP contribution in [0.25, 0.3) is 0 Å². The molecule has 27 heavy (non-hydrogen) atoms. The highest BCUT2D eigenvalue weighted by Crippen LogP contribution is 2.27. The number of nitrogens with zero attached hydrogens (tertiary/aromatic N) is 3. The van der Waals surface area contributed by atoms with Crippen LogP contribution in [0.15, 0.2) is 18.3 Å². The van der Waals surface area contributed by atoms with Crippen LogP contribution in [0, 0.1) is 17.8 Å². The molecule has 1 N–H and O–H groups in total. The number of nitriles is 1.